The minimum Gasteiger partial charge on any atom is -0.232 e. The summed E-state index contributed by atoms with van der Waals surface area (Å²) in [5.41, 5.74) is 5.25. The maximum Gasteiger partial charge on any atom is 0.0585 e. The molecule has 1 saturated carbocycles. The highest BCUT2D eigenvalue weighted by atomic mass is 32.1. The van der Waals surface area contributed by atoms with Gasteiger partial charge in [-0.2, -0.15) is 0 Å². The van der Waals surface area contributed by atoms with E-state index in [9.17, 15) is 0 Å². The minimum absolute atomic E-state index is 0.271. The van der Waals surface area contributed by atoms with E-state index < -0.39 is 0 Å². The number of hydrogen-bond donors (Lipinski definition) is 0. The van der Waals surface area contributed by atoms with Crippen LogP contribution in [0.3, 0.4) is 0 Å². The van der Waals surface area contributed by atoms with Crippen molar-refractivity contribution in [3.05, 3.63) is 34.9 Å². The smallest absolute Gasteiger partial charge is 0.0585 e. The number of rotatable bonds is 3. The highest BCUT2D eigenvalue weighted by Gasteiger charge is 2.51. The summed E-state index contributed by atoms with van der Waals surface area (Å²) in [4.78, 5) is 4.35. The van der Waals surface area contributed by atoms with Crippen LogP contribution in [0.4, 0.5) is 0 Å². The van der Waals surface area contributed by atoms with Crippen molar-refractivity contribution in [1.82, 2.24) is 0 Å². The molecule has 3 atom stereocenters. The number of aryl methyl sites for hydroxylation is 1. The Morgan fingerprint density at radius 3 is 2.78 bits per heavy atom. The standard InChI is InChI=1S/C21H29NS/c1-15(2)16-6-8-18-17(12-16)7-9-19-20(3,13-22-14-23)10-5-11-21(18,19)4/h6,8,12,15,19H,5,7,9-11,13H2,1-4H3/t19-,20-,21+/m0/s1. The fraction of sp³-hybridized carbons (Fsp3) is 0.667. The van der Waals surface area contributed by atoms with Gasteiger partial charge in [0.25, 0.3) is 0 Å². The van der Waals surface area contributed by atoms with Crippen molar-refractivity contribution < 1.29 is 0 Å². The third kappa shape index (κ3) is 2.81. The SMILES string of the molecule is CC(C)c1ccc2c(c1)CC[C@H]1[C@](C)(CN=C=S)CCC[C@]21C. The van der Waals surface area contributed by atoms with Crippen LogP contribution in [0.15, 0.2) is 23.2 Å². The second-order valence-corrected chi connectivity index (χ2v) is 8.68. The Balaban J connectivity index is 2.02. The van der Waals surface area contributed by atoms with Gasteiger partial charge in [0.05, 0.1) is 11.7 Å². The molecule has 0 bridgehead atoms. The Morgan fingerprint density at radius 2 is 2.09 bits per heavy atom. The van der Waals surface area contributed by atoms with Gasteiger partial charge >= 0.3 is 0 Å². The third-order valence-electron chi connectivity index (χ3n) is 6.67. The summed E-state index contributed by atoms with van der Waals surface area (Å²) in [6.07, 6.45) is 6.37. The summed E-state index contributed by atoms with van der Waals surface area (Å²) in [6, 6.07) is 7.27. The van der Waals surface area contributed by atoms with Gasteiger partial charge in [-0.1, -0.05) is 52.3 Å². The fourth-order valence-corrected chi connectivity index (χ4v) is 5.47. The van der Waals surface area contributed by atoms with Crippen LogP contribution < -0.4 is 0 Å². The van der Waals surface area contributed by atoms with Gasteiger partial charge in [-0.15, -0.1) is 0 Å². The molecular formula is C21H29NS. The average molecular weight is 328 g/mol. The van der Waals surface area contributed by atoms with E-state index in [1.807, 2.05) is 0 Å². The summed E-state index contributed by atoms with van der Waals surface area (Å²) >= 11 is 4.83. The van der Waals surface area contributed by atoms with Crippen molar-refractivity contribution in [2.45, 2.75) is 71.1 Å². The lowest BCUT2D eigenvalue weighted by Crippen LogP contribution is -2.50. The summed E-state index contributed by atoms with van der Waals surface area (Å²) in [6.45, 7) is 10.4. The number of nitrogens with zero attached hydrogens (tertiary/aromatic N) is 1. The Bertz CT molecular complexity index is 643. The number of thiocarbonyl (C=S) groups is 1. The van der Waals surface area contributed by atoms with E-state index in [-0.39, 0.29) is 5.41 Å². The molecule has 23 heavy (non-hydrogen) atoms. The second kappa shape index (κ2) is 6.15. The van der Waals surface area contributed by atoms with Crippen molar-refractivity contribution in [3.63, 3.8) is 0 Å². The Hall–Kier alpha value is -0.980. The van der Waals surface area contributed by atoms with Crippen molar-refractivity contribution in [2.24, 2.45) is 16.3 Å². The molecule has 2 heteroatoms. The number of aliphatic imine (C=N–C) groups is 1. The van der Waals surface area contributed by atoms with E-state index in [0.717, 1.165) is 6.54 Å². The zero-order valence-corrected chi connectivity index (χ0v) is 15.8. The first-order valence-corrected chi connectivity index (χ1v) is 9.48. The first-order valence-electron chi connectivity index (χ1n) is 9.08. The quantitative estimate of drug-likeness (QED) is 0.495. The highest BCUT2D eigenvalue weighted by Crippen LogP contribution is 2.57. The van der Waals surface area contributed by atoms with Crippen molar-refractivity contribution in [2.75, 3.05) is 6.54 Å². The highest BCUT2D eigenvalue weighted by molar-refractivity contribution is 7.78. The van der Waals surface area contributed by atoms with Gasteiger partial charge in [-0.05, 0) is 77.3 Å². The molecule has 0 amide bonds. The zero-order valence-electron chi connectivity index (χ0n) is 15.0. The predicted molar refractivity (Wildman–Crippen MR) is 102 cm³/mol. The first kappa shape index (κ1) is 16.9. The van der Waals surface area contributed by atoms with Gasteiger partial charge in [-0.3, -0.25) is 0 Å². The Morgan fingerprint density at radius 1 is 1.30 bits per heavy atom. The van der Waals surface area contributed by atoms with Gasteiger partial charge in [-0.25, -0.2) is 4.99 Å². The normalized spacial score (nSPS) is 32.8. The Kier molecular flexibility index (Phi) is 4.51. The van der Waals surface area contributed by atoms with Crippen LogP contribution in [-0.2, 0) is 11.8 Å². The molecule has 2 aliphatic rings. The maximum absolute atomic E-state index is 4.83. The summed E-state index contributed by atoms with van der Waals surface area (Å²) in [7, 11) is 0. The van der Waals surface area contributed by atoms with E-state index in [2.05, 4.69) is 56.0 Å². The van der Waals surface area contributed by atoms with Crippen LogP contribution in [0.5, 0.6) is 0 Å². The molecule has 0 aromatic heterocycles. The van der Waals surface area contributed by atoms with Crippen LogP contribution in [0.2, 0.25) is 0 Å². The number of benzene rings is 1. The van der Waals surface area contributed by atoms with Gasteiger partial charge in [0.15, 0.2) is 0 Å². The van der Waals surface area contributed by atoms with Gasteiger partial charge < -0.3 is 0 Å². The van der Waals surface area contributed by atoms with Crippen LogP contribution in [-0.4, -0.2) is 11.7 Å². The maximum atomic E-state index is 4.83. The largest absolute Gasteiger partial charge is 0.232 e. The predicted octanol–water partition coefficient (Wildman–Crippen LogP) is 5.92. The third-order valence-corrected chi connectivity index (χ3v) is 6.80. The molecule has 1 nitrogen and oxygen atoms in total. The van der Waals surface area contributed by atoms with E-state index in [1.54, 1.807) is 11.1 Å². The lowest BCUT2D eigenvalue weighted by Gasteiger charge is -2.55. The molecule has 2 aliphatic carbocycles. The summed E-state index contributed by atoms with van der Waals surface area (Å²) in [5, 5.41) is 2.60. The van der Waals surface area contributed by atoms with Crippen molar-refractivity contribution in [3.8, 4) is 0 Å². The molecular weight excluding hydrogens is 298 g/mol. The van der Waals surface area contributed by atoms with E-state index in [0.29, 0.717) is 17.3 Å². The van der Waals surface area contributed by atoms with Crippen molar-refractivity contribution >= 4 is 17.4 Å². The topological polar surface area (TPSA) is 12.4 Å². The van der Waals surface area contributed by atoms with E-state index in [1.165, 1.54) is 37.7 Å². The van der Waals surface area contributed by atoms with Gasteiger partial charge in [0, 0.05) is 0 Å². The van der Waals surface area contributed by atoms with Crippen LogP contribution in [0, 0.1) is 11.3 Å². The molecule has 0 unspecified atom stereocenters. The lowest BCUT2D eigenvalue weighted by atomic mass is 9.50. The molecule has 0 aliphatic heterocycles. The molecule has 0 spiro atoms. The van der Waals surface area contributed by atoms with Crippen LogP contribution in [0.25, 0.3) is 0 Å². The van der Waals surface area contributed by atoms with Crippen molar-refractivity contribution in [1.29, 1.82) is 0 Å². The zero-order chi connectivity index (χ0) is 16.7. The molecule has 0 radical (unpaired) electrons. The van der Waals surface area contributed by atoms with Crippen LogP contribution in [0.1, 0.15) is 76.0 Å². The lowest BCUT2D eigenvalue weighted by molar-refractivity contribution is 0.0332. The molecule has 1 aromatic carbocycles. The van der Waals surface area contributed by atoms with E-state index >= 15 is 0 Å². The minimum atomic E-state index is 0.271. The molecule has 1 fully saturated rings. The van der Waals surface area contributed by atoms with E-state index in [4.69, 9.17) is 12.2 Å². The molecule has 0 heterocycles. The molecule has 1 aromatic rings. The average Bonchev–Trinajstić information content (AvgIpc) is 2.52. The van der Waals surface area contributed by atoms with Gasteiger partial charge in [0.2, 0.25) is 0 Å². The number of fused-ring (bicyclic) bond motifs is 3. The monoisotopic (exact) mass is 327 g/mol. The fourth-order valence-electron chi connectivity index (χ4n) is 5.41. The first-order chi connectivity index (χ1) is 10.9. The molecule has 0 saturated heterocycles. The number of isothiocyanates is 1. The Labute approximate surface area is 146 Å². The van der Waals surface area contributed by atoms with Crippen LogP contribution >= 0.6 is 12.2 Å². The summed E-state index contributed by atoms with van der Waals surface area (Å²) in [5.74, 6) is 1.31. The van der Waals surface area contributed by atoms with Gasteiger partial charge in [0.1, 0.15) is 0 Å². The molecule has 0 N–H and O–H groups in total. The molecule has 3 rings (SSSR count). The second-order valence-electron chi connectivity index (χ2n) is 8.50. The summed E-state index contributed by atoms with van der Waals surface area (Å²) < 4.78 is 0. The molecule has 124 valence electrons. The number of hydrogen-bond acceptors (Lipinski definition) is 2.